The van der Waals surface area contributed by atoms with Crippen LogP contribution in [-0.2, 0) is 6.54 Å². The summed E-state index contributed by atoms with van der Waals surface area (Å²) in [5, 5.41) is 10.9. The normalized spacial score (nSPS) is 17.1. The van der Waals surface area contributed by atoms with Crippen molar-refractivity contribution in [2.24, 2.45) is 4.99 Å². The van der Waals surface area contributed by atoms with E-state index in [1.54, 1.807) is 18.5 Å². The number of halogens is 2. The number of pyridine rings is 1. The van der Waals surface area contributed by atoms with Gasteiger partial charge in [-0.15, -0.1) is 24.0 Å². The van der Waals surface area contributed by atoms with Gasteiger partial charge in [0, 0.05) is 44.3 Å². The van der Waals surface area contributed by atoms with Crippen molar-refractivity contribution in [1.29, 1.82) is 0 Å². The van der Waals surface area contributed by atoms with Gasteiger partial charge in [0.1, 0.15) is 0 Å². The summed E-state index contributed by atoms with van der Waals surface area (Å²) >= 11 is 0. The molecule has 0 aromatic carbocycles. The molecule has 3 rings (SSSR count). The van der Waals surface area contributed by atoms with Crippen molar-refractivity contribution in [3.63, 3.8) is 0 Å². The Bertz CT molecular complexity index is 692. The van der Waals surface area contributed by atoms with Crippen molar-refractivity contribution in [1.82, 2.24) is 25.4 Å². The second-order valence-electron chi connectivity index (χ2n) is 5.91. The summed E-state index contributed by atoms with van der Waals surface area (Å²) in [6.45, 7) is 5.69. The minimum Gasteiger partial charge on any atom is -0.357 e. The molecule has 7 nitrogen and oxygen atoms in total. The van der Waals surface area contributed by atoms with E-state index in [2.05, 4.69) is 25.7 Å². The fourth-order valence-corrected chi connectivity index (χ4v) is 2.89. The number of aliphatic imine (C=N–C) groups is 1. The van der Waals surface area contributed by atoms with Gasteiger partial charge in [-0.1, -0.05) is 0 Å². The average Bonchev–Trinajstić information content (AvgIpc) is 3.27. The Hall–Kier alpha value is -1.91. The highest BCUT2D eigenvalue weighted by Crippen LogP contribution is 2.20. The quantitative estimate of drug-likeness (QED) is 0.381. The minimum absolute atomic E-state index is 0. The van der Waals surface area contributed by atoms with Crippen molar-refractivity contribution in [3.8, 4) is 0 Å². The zero-order valence-electron chi connectivity index (χ0n) is 14.8. The summed E-state index contributed by atoms with van der Waals surface area (Å²) in [7, 11) is 0. The number of hydrogen-bond donors (Lipinski definition) is 2. The Morgan fingerprint density at radius 2 is 2.27 bits per heavy atom. The molecule has 26 heavy (non-hydrogen) atoms. The second kappa shape index (κ2) is 10.3. The van der Waals surface area contributed by atoms with E-state index < -0.39 is 0 Å². The van der Waals surface area contributed by atoms with Crippen LogP contribution in [0.2, 0.25) is 0 Å². The smallest absolute Gasteiger partial charge is 0.191 e. The van der Waals surface area contributed by atoms with Crippen LogP contribution in [0.25, 0.3) is 0 Å². The van der Waals surface area contributed by atoms with E-state index in [1.807, 2.05) is 28.8 Å². The van der Waals surface area contributed by atoms with Crippen molar-refractivity contribution < 1.29 is 4.39 Å². The van der Waals surface area contributed by atoms with Gasteiger partial charge < -0.3 is 15.5 Å². The van der Waals surface area contributed by atoms with Crippen molar-refractivity contribution in [2.75, 3.05) is 31.1 Å². The highest BCUT2D eigenvalue weighted by atomic mass is 127. The van der Waals surface area contributed by atoms with Gasteiger partial charge in [0.25, 0.3) is 0 Å². The van der Waals surface area contributed by atoms with E-state index in [9.17, 15) is 4.39 Å². The van der Waals surface area contributed by atoms with Crippen LogP contribution in [0.3, 0.4) is 0 Å². The van der Waals surface area contributed by atoms with Gasteiger partial charge in [-0.25, -0.2) is 9.37 Å². The highest BCUT2D eigenvalue weighted by Gasteiger charge is 2.25. The molecule has 3 heterocycles. The summed E-state index contributed by atoms with van der Waals surface area (Å²) < 4.78 is 15.7. The van der Waals surface area contributed by atoms with Crippen LogP contribution in [0.15, 0.2) is 41.8 Å². The molecule has 1 saturated heterocycles. The Kier molecular flexibility index (Phi) is 8.07. The number of nitrogens with zero attached hydrogens (tertiary/aromatic N) is 5. The van der Waals surface area contributed by atoms with E-state index in [0.717, 1.165) is 32.0 Å². The van der Waals surface area contributed by atoms with Crippen molar-refractivity contribution >= 4 is 35.8 Å². The first-order valence-corrected chi connectivity index (χ1v) is 8.64. The van der Waals surface area contributed by atoms with E-state index in [4.69, 9.17) is 0 Å². The standard InChI is InChI=1S/C17H24FN7.HI/c1-2-19-17(21-9-12-25-10-4-8-22-25)23-14-6-11-24(13-14)16-15(18)5-3-7-20-16;/h3-5,7-8,10,14H,2,6,9,11-13H2,1H3,(H2,19,21,23);1H. The first-order valence-electron chi connectivity index (χ1n) is 8.64. The lowest BCUT2D eigenvalue weighted by molar-refractivity contribution is 0.608. The Morgan fingerprint density at radius 3 is 3.00 bits per heavy atom. The molecule has 0 amide bonds. The van der Waals surface area contributed by atoms with Crippen LogP contribution in [0, 0.1) is 5.82 Å². The lowest BCUT2D eigenvalue weighted by Gasteiger charge is -2.19. The van der Waals surface area contributed by atoms with Crippen LogP contribution in [0.1, 0.15) is 13.3 Å². The number of guanidine groups is 1. The third kappa shape index (κ3) is 5.55. The number of hydrogen-bond acceptors (Lipinski definition) is 4. The van der Waals surface area contributed by atoms with Crippen LogP contribution in [0.4, 0.5) is 10.2 Å². The molecule has 142 valence electrons. The third-order valence-corrected chi connectivity index (χ3v) is 4.07. The van der Waals surface area contributed by atoms with Crippen LogP contribution in [-0.4, -0.2) is 52.9 Å². The van der Waals surface area contributed by atoms with Gasteiger partial charge in [-0.3, -0.25) is 9.67 Å². The molecule has 0 aliphatic carbocycles. The lowest BCUT2D eigenvalue weighted by atomic mass is 10.3. The van der Waals surface area contributed by atoms with Crippen LogP contribution < -0.4 is 15.5 Å². The van der Waals surface area contributed by atoms with E-state index in [-0.39, 0.29) is 35.8 Å². The summed E-state index contributed by atoms with van der Waals surface area (Å²) in [5.41, 5.74) is 0. The maximum absolute atomic E-state index is 13.9. The highest BCUT2D eigenvalue weighted by molar-refractivity contribution is 14.0. The van der Waals surface area contributed by atoms with Gasteiger partial charge in [-0.05, 0) is 31.5 Å². The molecule has 0 saturated carbocycles. The van der Waals surface area contributed by atoms with Crippen molar-refractivity contribution in [2.45, 2.75) is 25.9 Å². The van der Waals surface area contributed by atoms with Gasteiger partial charge >= 0.3 is 0 Å². The molecule has 2 N–H and O–H groups in total. The first kappa shape index (κ1) is 20.4. The molecular weight excluding hydrogens is 448 g/mol. The van der Waals surface area contributed by atoms with Crippen LogP contribution in [0.5, 0.6) is 0 Å². The molecule has 1 fully saturated rings. The maximum atomic E-state index is 13.9. The van der Waals surface area contributed by atoms with Gasteiger partial charge in [0.2, 0.25) is 0 Å². The molecule has 2 aromatic heterocycles. The average molecular weight is 473 g/mol. The number of aromatic nitrogens is 3. The Morgan fingerprint density at radius 1 is 1.38 bits per heavy atom. The molecule has 0 radical (unpaired) electrons. The second-order valence-corrected chi connectivity index (χ2v) is 5.91. The Balaban J connectivity index is 0.00000243. The summed E-state index contributed by atoms with van der Waals surface area (Å²) in [6, 6.07) is 5.17. The van der Waals surface area contributed by atoms with E-state index in [1.165, 1.54) is 6.07 Å². The fraction of sp³-hybridized carbons (Fsp3) is 0.471. The molecule has 0 bridgehead atoms. The van der Waals surface area contributed by atoms with Gasteiger partial charge in [0.15, 0.2) is 17.6 Å². The van der Waals surface area contributed by atoms with E-state index >= 15 is 0 Å². The number of rotatable bonds is 6. The number of anilines is 1. The van der Waals surface area contributed by atoms with Gasteiger partial charge in [0.05, 0.1) is 13.1 Å². The van der Waals surface area contributed by atoms with E-state index in [0.29, 0.717) is 18.9 Å². The Labute approximate surface area is 170 Å². The molecule has 1 atom stereocenters. The topological polar surface area (TPSA) is 70.4 Å². The lowest BCUT2D eigenvalue weighted by Crippen LogP contribution is -2.44. The molecule has 0 spiro atoms. The third-order valence-electron chi connectivity index (χ3n) is 4.07. The van der Waals surface area contributed by atoms with Crippen LogP contribution >= 0.6 is 24.0 Å². The SMILES string of the molecule is CCNC(=NCCn1cccn1)NC1CCN(c2ncccc2F)C1.I. The van der Waals surface area contributed by atoms with Gasteiger partial charge in [-0.2, -0.15) is 5.10 Å². The fourth-order valence-electron chi connectivity index (χ4n) is 2.89. The zero-order chi connectivity index (χ0) is 17.5. The first-order chi connectivity index (χ1) is 12.3. The predicted molar refractivity (Wildman–Crippen MR) is 112 cm³/mol. The molecule has 1 aliphatic heterocycles. The molecule has 1 unspecified atom stereocenters. The monoisotopic (exact) mass is 473 g/mol. The largest absolute Gasteiger partial charge is 0.357 e. The minimum atomic E-state index is -0.275. The predicted octanol–water partition coefficient (Wildman–Crippen LogP) is 1.87. The molecular formula is C17H25FIN7. The summed E-state index contributed by atoms with van der Waals surface area (Å²) in [4.78, 5) is 10.7. The zero-order valence-corrected chi connectivity index (χ0v) is 17.1. The molecule has 9 heteroatoms. The number of nitrogens with one attached hydrogen (secondary N) is 2. The molecule has 1 aliphatic rings. The van der Waals surface area contributed by atoms with Crippen molar-refractivity contribution in [3.05, 3.63) is 42.6 Å². The molecule has 2 aromatic rings. The summed E-state index contributed by atoms with van der Waals surface area (Å²) in [5.74, 6) is 0.929. The summed E-state index contributed by atoms with van der Waals surface area (Å²) in [6.07, 6.45) is 6.22. The maximum Gasteiger partial charge on any atom is 0.191 e.